The summed E-state index contributed by atoms with van der Waals surface area (Å²) in [5, 5.41) is 0. The Balaban J connectivity index is 3.07. The van der Waals surface area contributed by atoms with Gasteiger partial charge < -0.3 is 0 Å². The van der Waals surface area contributed by atoms with E-state index in [2.05, 4.69) is 31.7 Å². The summed E-state index contributed by atoms with van der Waals surface area (Å²) in [7, 11) is 0. The van der Waals surface area contributed by atoms with Crippen molar-refractivity contribution in [2.45, 2.75) is 52.4 Å². The minimum Gasteiger partial charge on any atom is -0.130 e. The van der Waals surface area contributed by atoms with Gasteiger partial charge in [-0.2, -0.15) is 0 Å². The Labute approximate surface area is 71.0 Å². The molecule has 11 heavy (non-hydrogen) atoms. The van der Waals surface area contributed by atoms with E-state index >= 15 is 0 Å². The first kappa shape index (κ1) is 10.5. The molecule has 0 aromatic carbocycles. The molecule has 0 heterocycles. The van der Waals surface area contributed by atoms with E-state index in [-0.39, 0.29) is 0 Å². The third kappa shape index (κ3) is 9.52. The molecule has 0 rings (SSSR count). The summed E-state index contributed by atoms with van der Waals surface area (Å²) < 4.78 is 0. The van der Waals surface area contributed by atoms with Crippen LogP contribution in [-0.4, -0.2) is 0 Å². The molecular formula is C11H20. The summed E-state index contributed by atoms with van der Waals surface area (Å²) in [5.41, 5.74) is 3.16. The summed E-state index contributed by atoms with van der Waals surface area (Å²) in [6, 6.07) is 0. The zero-order chi connectivity index (χ0) is 8.36. The molecule has 0 N–H and O–H groups in total. The van der Waals surface area contributed by atoms with Crippen LogP contribution in [0.1, 0.15) is 52.4 Å². The molecule has 0 spiro atoms. The molecule has 64 valence electrons. The molecule has 0 saturated carbocycles. The van der Waals surface area contributed by atoms with Crippen molar-refractivity contribution in [3.05, 3.63) is 17.9 Å². The third-order valence-corrected chi connectivity index (χ3v) is 1.64. The highest BCUT2D eigenvalue weighted by Gasteiger charge is 1.82. The lowest BCUT2D eigenvalue weighted by Gasteiger charge is -1.91. The smallest absolute Gasteiger partial charge is 0.0274 e. The molecule has 0 aromatic heterocycles. The third-order valence-electron chi connectivity index (χ3n) is 1.64. The molecule has 0 atom stereocenters. The standard InChI is InChI=1S/C11H20/c1-3-5-7-9-11-10-8-6-4-2/h5,9H,3-4,6,8,10-11H2,1-2H3. The Morgan fingerprint density at radius 1 is 1.00 bits per heavy atom. The topological polar surface area (TPSA) is 0 Å². The molecule has 0 radical (unpaired) electrons. The zero-order valence-electron chi connectivity index (χ0n) is 7.90. The summed E-state index contributed by atoms with van der Waals surface area (Å²) in [5.74, 6) is 0. The predicted octanol–water partition coefficient (Wildman–Crippen LogP) is 4.08. The van der Waals surface area contributed by atoms with Crippen molar-refractivity contribution >= 4 is 0 Å². The second kappa shape index (κ2) is 9.52. The molecule has 0 aliphatic carbocycles. The Morgan fingerprint density at radius 2 is 1.82 bits per heavy atom. The average Bonchev–Trinajstić information content (AvgIpc) is 2.03. The van der Waals surface area contributed by atoms with Crippen LogP contribution < -0.4 is 0 Å². The van der Waals surface area contributed by atoms with Gasteiger partial charge in [-0.15, -0.1) is 5.73 Å². The minimum atomic E-state index is 1.10. The second-order valence-corrected chi connectivity index (χ2v) is 2.83. The van der Waals surface area contributed by atoms with Crippen molar-refractivity contribution in [1.29, 1.82) is 0 Å². The van der Waals surface area contributed by atoms with Crippen molar-refractivity contribution in [2.75, 3.05) is 0 Å². The van der Waals surface area contributed by atoms with Crippen LogP contribution in [0.3, 0.4) is 0 Å². The van der Waals surface area contributed by atoms with E-state index in [0.717, 1.165) is 6.42 Å². The van der Waals surface area contributed by atoms with Crippen molar-refractivity contribution in [3.63, 3.8) is 0 Å². The molecule has 0 amide bonds. The first-order valence-electron chi connectivity index (χ1n) is 4.81. The van der Waals surface area contributed by atoms with Crippen molar-refractivity contribution < 1.29 is 0 Å². The SMILES string of the molecule is CCC=C=CCCCCCC. The fraction of sp³-hybridized carbons (Fsp3) is 0.727. The van der Waals surface area contributed by atoms with Gasteiger partial charge in [-0.05, 0) is 31.4 Å². The van der Waals surface area contributed by atoms with Crippen molar-refractivity contribution in [2.24, 2.45) is 0 Å². The number of allylic oxidation sites excluding steroid dienone is 1. The summed E-state index contributed by atoms with van der Waals surface area (Å²) in [6.07, 6.45) is 12.0. The largest absolute Gasteiger partial charge is 0.130 e. The van der Waals surface area contributed by atoms with Gasteiger partial charge in [0.2, 0.25) is 0 Å². The van der Waals surface area contributed by atoms with Crippen LogP contribution in [0.5, 0.6) is 0 Å². The Kier molecular flexibility index (Phi) is 9.10. The highest BCUT2D eigenvalue weighted by molar-refractivity contribution is 4.83. The van der Waals surface area contributed by atoms with Crippen LogP contribution in [0.4, 0.5) is 0 Å². The first-order valence-corrected chi connectivity index (χ1v) is 4.81. The van der Waals surface area contributed by atoms with Gasteiger partial charge in [-0.1, -0.05) is 33.1 Å². The Morgan fingerprint density at radius 3 is 2.45 bits per heavy atom. The van der Waals surface area contributed by atoms with E-state index in [4.69, 9.17) is 0 Å². The van der Waals surface area contributed by atoms with Crippen LogP contribution in [0.25, 0.3) is 0 Å². The maximum absolute atomic E-state index is 3.16. The van der Waals surface area contributed by atoms with Gasteiger partial charge in [-0.25, -0.2) is 0 Å². The van der Waals surface area contributed by atoms with Crippen LogP contribution in [0.15, 0.2) is 17.9 Å². The summed E-state index contributed by atoms with van der Waals surface area (Å²) in [6.45, 7) is 4.38. The van der Waals surface area contributed by atoms with Crippen LogP contribution in [-0.2, 0) is 0 Å². The molecule has 0 unspecified atom stereocenters. The molecule has 0 aromatic rings. The van der Waals surface area contributed by atoms with Gasteiger partial charge in [0, 0.05) is 0 Å². The van der Waals surface area contributed by atoms with E-state index in [9.17, 15) is 0 Å². The van der Waals surface area contributed by atoms with Crippen LogP contribution >= 0.6 is 0 Å². The van der Waals surface area contributed by atoms with E-state index in [1.807, 2.05) is 0 Å². The summed E-state index contributed by atoms with van der Waals surface area (Å²) in [4.78, 5) is 0. The number of rotatable bonds is 6. The Bertz CT molecular complexity index is 116. The molecule has 0 aliphatic heterocycles. The molecule has 0 nitrogen and oxygen atoms in total. The fourth-order valence-corrected chi connectivity index (χ4v) is 0.958. The van der Waals surface area contributed by atoms with Gasteiger partial charge in [0.05, 0.1) is 0 Å². The van der Waals surface area contributed by atoms with Crippen molar-refractivity contribution in [1.82, 2.24) is 0 Å². The highest BCUT2D eigenvalue weighted by atomic mass is 13.9. The van der Waals surface area contributed by atoms with E-state index < -0.39 is 0 Å². The lowest BCUT2D eigenvalue weighted by molar-refractivity contribution is 0.674. The molecule has 0 fully saturated rings. The maximum atomic E-state index is 3.16. The van der Waals surface area contributed by atoms with Gasteiger partial charge in [0.25, 0.3) is 0 Å². The molecule has 0 bridgehead atoms. The zero-order valence-corrected chi connectivity index (χ0v) is 7.90. The molecule has 0 aliphatic rings. The van der Waals surface area contributed by atoms with Gasteiger partial charge >= 0.3 is 0 Å². The van der Waals surface area contributed by atoms with Crippen molar-refractivity contribution in [3.8, 4) is 0 Å². The Hall–Kier alpha value is -0.480. The van der Waals surface area contributed by atoms with Gasteiger partial charge in [0.15, 0.2) is 0 Å². The lowest BCUT2D eigenvalue weighted by atomic mass is 10.1. The number of unbranched alkanes of at least 4 members (excludes halogenated alkanes) is 4. The van der Waals surface area contributed by atoms with Gasteiger partial charge in [-0.3, -0.25) is 0 Å². The predicted molar refractivity (Wildman–Crippen MR) is 51.7 cm³/mol. The number of hydrogen-bond donors (Lipinski definition) is 0. The first-order chi connectivity index (χ1) is 5.41. The second-order valence-electron chi connectivity index (χ2n) is 2.83. The monoisotopic (exact) mass is 152 g/mol. The number of hydrogen-bond acceptors (Lipinski definition) is 0. The lowest BCUT2D eigenvalue weighted by Crippen LogP contribution is -1.72. The normalized spacial score (nSPS) is 8.91. The minimum absolute atomic E-state index is 1.10. The van der Waals surface area contributed by atoms with Gasteiger partial charge in [0.1, 0.15) is 0 Å². The quantitative estimate of drug-likeness (QED) is 0.397. The summed E-state index contributed by atoms with van der Waals surface area (Å²) >= 11 is 0. The highest BCUT2D eigenvalue weighted by Crippen LogP contribution is 2.02. The van der Waals surface area contributed by atoms with Crippen LogP contribution in [0.2, 0.25) is 0 Å². The maximum Gasteiger partial charge on any atom is -0.0274 e. The van der Waals surface area contributed by atoms with E-state index in [1.165, 1.54) is 32.1 Å². The van der Waals surface area contributed by atoms with E-state index in [1.54, 1.807) is 0 Å². The van der Waals surface area contributed by atoms with Crippen LogP contribution in [0, 0.1) is 0 Å². The molecule has 0 heteroatoms. The fourth-order valence-electron chi connectivity index (χ4n) is 0.958. The molecule has 0 saturated heterocycles. The molecular weight excluding hydrogens is 132 g/mol. The van der Waals surface area contributed by atoms with E-state index in [0.29, 0.717) is 0 Å². The average molecular weight is 152 g/mol.